The van der Waals surface area contributed by atoms with Crippen molar-refractivity contribution in [2.75, 3.05) is 4.90 Å². The van der Waals surface area contributed by atoms with Crippen molar-refractivity contribution in [3.05, 3.63) is 108 Å². The fourth-order valence-electron chi connectivity index (χ4n) is 4.06. The predicted octanol–water partition coefficient (Wildman–Crippen LogP) is 6.00. The second-order valence-corrected chi connectivity index (χ2v) is 8.39. The van der Waals surface area contributed by atoms with E-state index in [9.17, 15) is 0 Å². The van der Waals surface area contributed by atoms with Crippen molar-refractivity contribution < 1.29 is 4.74 Å². The lowest BCUT2D eigenvalue weighted by atomic mass is 10.0. The molecule has 6 heteroatoms. The molecule has 2 atom stereocenters. The van der Waals surface area contributed by atoms with E-state index in [0.29, 0.717) is 5.11 Å². The van der Waals surface area contributed by atoms with Gasteiger partial charge in [-0.05, 0) is 86.7 Å². The first-order valence-corrected chi connectivity index (χ1v) is 11.0. The van der Waals surface area contributed by atoms with Gasteiger partial charge in [-0.25, -0.2) is 0 Å². The summed E-state index contributed by atoms with van der Waals surface area (Å²) in [5.41, 5.74) is 5.35. The summed E-state index contributed by atoms with van der Waals surface area (Å²) in [7, 11) is 0. The molecule has 2 aromatic carbocycles. The molecule has 3 heterocycles. The lowest BCUT2D eigenvalue weighted by Crippen LogP contribution is -2.29. The average molecular weight is 441 g/mol. The fourth-order valence-corrected chi connectivity index (χ4v) is 4.41. The number of aromatic nitrogens is 2. The van der Waals surface area contributed by atoms with Gasteiger partial charge in [-0.15, -0.1) is 0 Å². The summed E-state index contributed by atoms with van der Waals surface area (Å²) in [6, 6.07) is 26.1. The molecule has 0 aliphatic carbocycles. The molecule has 0 saturated carbocycles. The molecule has 32 heavy (non-hydrogen) atoms. The molecule has 5 rings (SSSR count). The molecule has 4 aromatic rings. The van der Waals surface area contributed by atoms with Crippen molar-refractivity contribution in [1.82, 2.24) is 15.3 Å². The van der Waals surface area contributed by atoms with Gasteiger partial charge in [-0.3, -0.25) is 4.98 Å². The van der Waals surface area contributed by atoms with E-state index in [4.69, 9.17) is 17.0 Å². The molecule has 0 amide bonds. The van der Waals surface area contributed by atoms with E-state index in [1.54, 1.807) is 0 Å². The third-order valence-electron chi connectivity index (χ3n) is 5.64. The molecule has 1 aliphatic rings. The number of nitrogens with zero attached hydrogens (tertiary/aromatic N) is 2. The minimum Gasteiger partial charge on any atom is -0.457 e. The monoisotopic (exact) mass is 440 g/mol. The van der Waals surface area contributed by atoms with Gasteiger partial charge >= 0.3 is 0 Å². The van der Waals surface area contributed by atoms with Gasteiger partial charge in [-0.2, -0.15) is 0 Å². The Morgan fingerprint density at radius 3 is 2.22 bits per heavy atom. The van der Waals surface area contributed by atoms with Gasteiger partial charge < -0.3 is 19.9 Å². The van der Waals surface area contributed by atoms with Crippen LogP contribution in [0.1, 0.15) is 34.7 Å². The van der Waals surface area contributed by atoms with Crippen LogP contribution < -0.4 is 15.0 Å². The predicted molar refractivity (Wildman–Crippen MR) is 131 cm³/mol. The highest BCUT2D eigenvalue weighted by Crippen LogP contribution is 2.41. The summed E-state index contributed by atoms with van der Waals surface area (Å²) >= 11 is 5.78. The highest BCUT2D eigenvalue weighted by molar-refractivity contribution is 7.80. The van der Waals surface area contributed by atoms with Crippen LogP contribution in [0.2, 0.25) is 0 Å². The summed E-state index contributed by atoms with van der Waals surface area (Å²) in [5, 5.41) is 4.15. The third kappa shape index (κ3) is 3.97. The molecule has 1 saturated heterocycles. The second-order valence-electron chi connectivity index (χ2n) is 8.00. The zero-order valence-corrected chi connectivity index (χ0v) is 18.8. The van der Waals surface area contributed by atoms with Crippen LogP contribution in [-0.4, -0.2) is 15.1 Å². The number of pyridine rings is 1. The smallest absolute Gasteiger partial charge is 0.174 e. The van der Waals surface area contributed by atoms with Crippen molar-refractivity contribution in [3.8, 4) is 11.5 Å². The largest absolute Gasteiger partial charge is 0.457 e. The summed E-state index contributed by atoms with van der Waals surface area (Å²) in [4.78, 5) is 10.2. The normalized spacial score (nSPS) is 17.9. The number of ether oxygens (including phenoxy) is 1. The van der Waals surface area contributed by atoms with Gasteiger partial charge in [-0.1, -0.05) is 23.8 Å². The highest BCUT2D eigenvalue weighted by atomic mass is 32.1. The molecular weight excluding hydrogens is 416 g/mol. The average Bonchev–Trinajstić information content (AvgIpc) is 3.39. The number of nitrogens with one attached hydrogen (secondary N) is 2. The molecule has 5 nitrogen and oxygen atoms in total. The Kier molecular flexibility index (Phi) is 5.37. The number of aryl methyl sites for hydroxylation is 2. The van der Waals surface area contributed by atoms with Gasteiger partial charge in [0.25, 0.3) is 0 Å². The minimum atomic E-state index is -0.0646. The summed E-state index contributed by atoms with van der Waals surface area (Å²) in [6.07, 6.45) is 1.82. The number of benzene rings is 2. The zero-order valence-electron chi connectivity index (χ0n) is 17.9. The standard InChI is InChI=1S/C26H24N4OS/c1-17-6-11-20(12-7-17)31-21-13-9-19(10-14-21)30-25(23-15-8-18(2)28-23)24(29-26(30)32)22-5-3-4-16-27-22/h3-16,24-25,28H,1-2H3,(H,29,32)/t24-,25+/m1/s1. The Balaban J connectivity index is 1.46. The quantitative estimate of drug-likeness (QED) is 0.373. The molecule has 2 aromatic heterocycles. The van der Waals surface area contributed by atoms with E-state index in [-0.39, 0.29) is 12.1 Å². The minimum absolute atomic E-state index is 0.0463. The second kappa shape index (κ2) is 8.48. The molecule has 0 spiro atoms. The van der Waals surface area contributed by atoms with Gasteiger partial charge in [0, 0.05) is 23.3 Å². The Bertz CT molecular complexity index is 1220. The summed E-state index contributed by atoms with van der Waals surface area (Å²) in [5.74, 6) is 1.60. The van der Waals surface area contributed by atoms with Crippen LogP contribution >= 0.6 is 12.2 Å². The van der Waals surface area contributed by atoms with Crippen LogP contribution in [0, 0.1) is 13.8 Å². The van der Waals surface area contributed by atoms with Crippen molar-refractivity contribution in [1.29, 1.82) is 0 Å². The van der Waals surface area contributed by atoms with Crippen LogP contribution in [0.25, 0.3) is 0 Å². The lowest BCUT2D eigenvalue weighted by molar-refractivity contribution is 0.482. The van der Waals surface area contributed by atoms with E-state index >= 15 is 0 Å². The molecular formula is C26H24N4OS. The van der Waals surface area contributed by atoms with E-state index in [1.165, 1.54) is 5.56 Å². The van der Waals surface area contributed by atoms with Gasteiger partial charge in [0.15, 0.2) is 5.11 Å². The van der Waals surface area contributed by atoms with Crippen molar-refractivity contribution in [3.63, 3.8) is 0 Å². The Morgan fingerprint density at radius 2 is 1.59 bits per heavy atom. The van der Waals surface area contributed by atoms with Crippen LogP contribution in [0.5, 0.6) is 11.5 Å². The number of rotatable bonds is 5. The molecule has 0 unspecified atom stereocenters. The number of aromatic amines is 1. The first-order valence-electron chi connectivity index (χ1n) is 10.6. The van der Waals surface area contributed by atoms with Crippen molar-refractivity contribution >= 4 is 23.0 Å². The van der Waals surface area contributed by atoms with Crippen LogP contribution in [0.4, 0.5) is 5.69 Å². The topological polar surface area (TPSA) is 53.2 Å². The van der Waals surface area contributed by atoms with E-state index in [1.807, 2.05) is 72.9 Å². The molecule has 0 radical (unpaired) electrons. The third-order valence-corrected chi connectivity index (χ3v) is 5.96. The molecule has 2 N–H and O–H groups in total. The number of H-pyrrole nitrogens is 1. The van der Waals surface area contributed by atoms with E-state index < -0.39 is 0 Å². The maximum Gasteiger partial charge on any atom is 0.174 e. The maximum absolute atomic E-state index is 6.00. The van der Waals surface area contributed by atoms with Crippen LogP contribution in [0.3, 0.4) is 0 Å². The Hall–Kier alpha value is -3.64. The summed E-state index contributed by atoms with van der Waals surface area (Å²) in [6.45, 7) is 4.12. The maximum atomic E-state index is 6.00. The van der Waals surface area contributed by atoms with E-state index in [2.05, 4.69) is 46.2 Å². The van der Waals surface area contributed by atoms with Crippen LogP contribution in [0.15, 0.2) is 85.1 Å². The fraction of sp³-hybridized carbons (Fsp3) is 0.154. The lowest BCUT2D eigenvalue weighted by Gasteiger charge is -2.27. The number of anilines is 1. The number of thiocarbonyl (C=S) groups is 1. The van der Waals surface area contributed by atoms with E-state index in [0.717, 1.165) is 34.3 Å². The van der Waals surface area contributed by atoms with Crippen molar-refractivity contribution in [2.45, 2.75) is 25.9 Å². The zero-order chi connectivity index (χ0) is 22.1. The first-order chi connectivity index (χ1) is 15.6. The van der Waals surface area contributed by atoms with Gasteiger partial charge in [0.05, 0.1) is 11.7 Å². The van der Waals surface area contributed by atoms with Gasteiger partial charge in [0.1, 0.15) is 17.5 Å². The SMILES string of the molecule is Cc1ccc(Oc2ccc(N3C(=S)N[C@H](c4ccccn4)[C@@H]3c3ccc(C)[nH]3)cc2)cc1. The van der Waals surface area contributed by atoms with Crippen LogP contribution in [-0.2, 0) is 0 Å². The molecule has 1 fully saturated rings. The Morgan fingerprint density at radius 1 is 0.875 bits per heavy atom. The molecule has 160 valence electrons. The molecule has 1 aliphatic heterocycles. The van der Waals surface area contributed by atoms with Gasteiger partial charge in [0.2, 0.25) is 0 Å². The molecule has 0 bridgehead atoms. The highest BCUT2D eigenvalue weighted by Gasteiger charge is 2.41. The van der Waals surface area contributed by atoms with Crippen molar-refractivity contribution in [2.24, 2.45) is 0 Å². The Labute approximate surface area is 193 Å². The summed E-state index contributed by atoms with van der Waals surface area (Å²) < 4.78 is 6.00. The number of hydrogen-bond acceptors (Lipinski definition) is 3. The number of hydrogen-bond donors (Lipinski definition) is 2. The first kappa shape index (κ1) is 20.3.